The summed E-state index contributed by atoms with van der Waals surface area (Å²) in [7, 11) is 0. The quantitative estimate of drug-likeness (QED) is 0.746. The molecule has 2 aliphatic carbocycles. The predicted molar refractivity (Wildman–Crippen MR) is 58.7 cm³/mol. The summed E-state index contributed by atoms with van der Waals surface area (Å²) >= 11 is 0. The molecule has 0 amide bonds. The van der Waals surface area contributed by atoms with Gasteiger partial charge in [0.1, 0.15) is 5.54 Å². The summed E-state index contributed by atoms with van der Waals surface area (Å²) in [5.41, 5.74) is -0.590. The van der Waals surface area contributed by atoms with Crippen LogP contribution in [0.3, 0.4) is 0 Å². The third kappa shape index (κ3) is 1.78. The van der Waals surface area contributed by atoms with Gasteiger partial charge < -0.3 is 10.4 Å². The van der Waals surface area contributed by atoms with E-state index < -0.39 is 11.5 Å². The third-order valence-electron chi connectivity index (χ3n) is 4.06. The maximum Gasteiger partial charge on any atom is 0.324 e. The number of fused-ring (bicyclic) bond motifs is 2. The summed E-state index contributed by atoms with van der Waals surface area (Å²) in [6, 6.07) is 0. The highest BCUT2D eigenvalue weighted by molar-refractivity contribution is 5.80. The normalized spacial score (nSPS) is 38.9. The maximum absolute atomic E-state index is 11.5. The maximum atomic E-state index is 11.5. The first-order chi connectivity index (χ1) is 7.04. The standard InChI is InChI=1S/C12H21NO2/c1-8(2)7-13-12(11(14)15)6-9-3-4-10(12)5-9/h8-10,13H,3-7H2,1-2H3,(H,14,15). The molecule has 3 heteroatoms. The number of carboxylic acid groups (broad SMARTS) is 1. The van der Waals surface area contributed by atoms with E-state index in [0.717, 1.165) is 25.8 Å². The molecule has 2 bridgehead atoms. The lowest BCUT2D eigenvalue weighted by atomic mass is 9.80. The fourth-order valence-electron chi connectivity index (χ4n) is 3.27. The first-order valence-electron chi connectivity index (χ1n) is 6.03. The molecule has 3 unspecified atom stereocenters. The topological polar surface area (TPSA) is 49.3 Å². The average Bonchev–Trinajstić information content (AvgIpc) is 2.74. The fraction of sp³-hybridized carbons (Fsp3) is 0.917. The van der Waals surface area contributed by atoms with Gasteiger partial charge in [-0.1, -0.05) is 20.3 Å². The molecule has 0 radical (unpaired) electrons. The summed E-state index contributed by atoms with van der Waals surface area (Å²) in [5, 5.41) is 12.8. The first-order valence-corrected chi connectivity index (χ1v) is 6.03. The summed E-state index contributed by atoms with van der Waals surface area (Å²) in [4.78, 5) is 11.5. The van der Waals surface area contributed by atoms with E-state index in [4.69, 9.17) is 0 Å². The van der Waals surface area contributed by atoms with E-state index in [1.165, 1.54) is 6.42 Å². The molecule has 0 saturated heterocycles. The Bertz CT molecular complexity index is 264. The first kappa shape index (κ1) is 10.9. The van der Waals surface area contributed by atoms with Gasteiger partial charge in [-0.2, -0.15) is 0 Å². The molecule has 2 N–H and O–H groups in total. The lowest BCUT2D eigenvalue weighted by molar-refractivity contribution is -0.147. The van der Waals surface area contributed by atoms with Gasteiger partial charge in [-0.3, -0.25) is 4.79 Å². The van der Waals surface area contributed by atoms with Gasteiger partial charge in [0.25, 0.3) is 0 Å². The van der Waals surface area contributed by atoms with Crippen LogP contribution in [0.4, 0.5) is 0 Å². The number of rotatable bonds is 4. The third-order valence-corrected chi connectivity index (χ3v) is 4.06. The molecule has 0 aromatic heterocycles. The molecule has 0 spiro atoms. The predicted octanol–water partition coefficient (Wildman–Crippen LogP) is 1.88. The van der Waals surface area contributed by atoms with Crippen molar-refractivity contribution in [3.8, 4) is 0 Å². The number of carboxylic acids is 1. The Morgan fingerprint density at radius 2 is 2.27 bits per heavy atom. The van der Waals surface area contributed by atoms with E-state index in [0.29, 0.717) is 17.8 Å². The van der Waals surface area contributed by atoms with E-state index in [1.54, 1.807) is 0 Å². The van der Waals surface area contributed by atoms with Crippen LogP contribution in [0.25, 0.3) is 0 Å². The zero-order chi connectivity index (χ0) is 11.1. The van der Waals surface area contributed by atoms with Gasteiger partial charge in [0.2, 0.25) is 0 Å². The molecule has 2 aliphatic rings. The van der Waals surface area contributed by atoms with E-state index in [2.05, 4.69) is 19.2 Å². The van der Waals surface area contributed by atoms with Crippen LogP contribution in [0.2, 0.25) is 0 Å². The van der Waals surface area contributed by atoms with Crippen LogP contribution < -0.4 is 5.32 Å². The molecule has 15 heavy (non-hydrogen) atoms. The molecule has 3 atom stereocenters. The highest BCUT2D eigenvalue weighted by atomic mass is 16.4. The monoisotopic (exact) mass is 211 g/mol. The van der Waals surface area contributed by atoms with Gasteiger partial charge in [-0.15, -0.1) is 0 Å². The second-order valence-electron chi connectivity index (χ2n) is 5.63. The van der Waals surface area contributed by atoms with Crippen molar-refractivity contribution in [1.29, 1.82) is 0 Å². The Morgan fingerprint density at radius 1 is 1.53 bits per heavy atom. The van der Waals surface area contributed by atoms with Crippen LogP contribution in [0.15, 0.2) is 0 Å². The zero-order valence-electron chi connectivity index (χ0n) is 9.62. The van der Waals surface area contributed by atoms with Crippen LogP contribution in [-0.2, 0) is 4.79 Å². The van der Waals surface area contributed by atoms with Crippen LogP contribution >= 0.6 is 0 Å². The van der Waals surface area contributed by atoms with Crippen molar-refractivity contribution >= 4 is 5.97 Å². The smallest absolute Gasteiger partial charge is 0.324 e. The van der Waals surface area contributed by atoms with Crippen molar-refractivity contribution in [3.05, 3.63) is 0 Å². The lowest BCUT2D eigenvalue weighted by Gasteiger charge is -2.35. The van der Waals surface area contributed by atoms with Gasteiger partial charge in [-0.25, -0.2) is 0 Å². The van der Waals surface area contributed by atoms with Gasteiger partial charge in [0, 0.05) is 0 Å². The van der Waals surface area contributed by atoms with Crippen LogP contribution in [0.1, 0.15) is 39.5 Å². The Morgan fingerprint density at radius 3 is 2.67 bits per heavy atom. The SMILES string of the molecule is CC(C)CNC1(C(=O)O)CC2CCC1C2. The number of carbonyl (C=O) groups is 1. The molecule has 0 aliphatic heterocycles. The van der Waals surface area contributed by atoms with E-state index in [1.807, 2.05) is 0 Å². The second kappa shape index (κ2) is 3.78. The van der Waals surface area contributed by atoms with Crippen molar-refractivity contribution in [3.63, 3.8) is 0 Å². The molecular weight excluding hydrogens is 190 g/mol. The summed E-state index contributed by atoms with van der Waals surface area (Å²) in [6.45, 7) is 5.06. The fourth-order valence-corrected chi connectivity index (χ4v) is 3.27. The molecule has 0 aromatic carbocycles. The average molecular weight is 211 g/mol. The van der Waals surface area contributed by atoms with Gasteiger partial charge in [0.15, 0.2) is 0 Å². The minimum Gasteiger partial charge on any atom is -0.480 e. The van der Waals surface area contributed by atoms with Crippen molar-refractivity contribution in [2.45, 2.75) is 45.1 Å². The summed E-state index contributed by atoms with van der Waals surface area (Å²) < 4.78 is 0. The van der Waals surface area contributed by atoms with E-state index in [9.17, 15) is 9.90 Å². The highest BCUT2D eigenvalue weighted by Crippen LogP contribution is 2.50. The molecule has 2 rings (SSSR count). The van der Waals surface area contributed by atoms with Crippen molar-refractivity contribution in [2.24, 2.45) is 17.8 Å². The summed E-state index contributed by atoms with van der Waals surface area (Å²) in [5.74, 6) is 0.917. The molecular formula is C12H21NO2. The molecule has 2 saturated carbocycles. The van der Waals surface area contributed by atoms with Crippen molar-refractivity contribution < 1.29 is 9.90 Å². The largest absolute Gasteiger partial charge is 0.480 e. The van der Waals surface area contributed by atoms with E-state index in [-0.39, 0.29) is 0 Å². The lowest BCUT2D eigenvalue weighted by Crippen LogP contribution is -2.56. The molecule has 0 aromatic rings. The van der Waals surface area contributed by atoms with Crippen LogP contribution in [-0.4, -0.2) is 23.2 Å². The number of hydrogen-bond acceptors (Lipinski definition) is 2. The van der Waals surface area contributed by atoms with Gasteiger partial charge >= 0.3 is 5.97 Å². The minimum absolute atomic E-state index is 0.374. The highest BCUT2D eigenvalue weighted by Gasteiger charge is 2.55. The van der Waals surface area contributed by atoms with Crippen molar-refractivity contribution in [2.75, 3.05) is 6.54 Å². The van der Waals surface area contributed by atoms with E-state index >= 15 is 0 Å². The Hall–Kier alpha value is -0.570. The van der Waals surface area contributed by atoms with Gasteiger partial charge in [0.05, 0.1) is 0 Å². The van der Waals surface area contributed by atoms with Gasteiger partial charge in [-0.05, 0) is 43.6 Å². The zero-order valence-corrected chi connectivity index (χ0v) is 9.62. The Kier molecular flexibility index (Phi) is 2.75. The molecule has 0 heterocycles. The number of hydrogen-bond donors (Lipinski definition) is 2. The van der Waals surface area contributed by atoms with Crippen LogP contribution in [0, 0.1) is 17.8 Å². The second-order valence-corrected chi connectivity index (χ2v) is 5.63. The minimum atomic E-state index is -0.629. The Labute approximate surface area is 91.2 Å². The molecule has 2 fully saturated rings. The van der Waals surface area contributed by atoms with Crippen molar-refractivity contribution in [1.82, 2.24) is 5.32 Å². The Balaban J connectivity index is 2.08. The molecule has 86 valence electrons. The molecule has 3 nitrogen and oxygen atoms in total. The van der Waals surface area contributed by atoms with Crippen LogP contribution in [0.5, 0.6) is 0 Å². The number of aliphatic carboxylic acids is 1. The number of nitrogens with one attached hydrogen (secondary N) is 1. The summed E-state index contributed by atoms with van der Waals surface area (Å²) in [6.07, 6.45) is 4.31.